The van der Waals surface area contributed by atoms with Crippen molar-refractivity contribution >= 4 is 50.7 Å². The highest BCUT2D eigenvalue weighted by atomic mass is 79.9. The molecule has 0 aliphatic carbocycles. The van der Waals surface area contributed by atoms with Crippen molar-refractivity contribution in [2.45, 2.75) is 0 Å². The summed E-state index contributed by atoms with van der Waals surface area (Å²) in [6, 6.07) is 25.9. The average molecular weight is 565 g/mol. The van der Waals surface area contributed by atoms with Gasteiger partial charge < -0.3 is 19.5 Å². The van der Waals surface area contributed by atoms with Crippen LogP contribution in [0.3, 0.4) is 0 Å². The summed E-state index contributed by atoms with van der Waals surface area (Å²) in [4.78, 5) is 29.4. The highest BCUT2D eigenvalue weighted by molar-refractivity contribution is 9.10. The van der Waals surface area contributed by atoms with Gasteiger partial charge in [-0.1, -0.05) is 57.9 Å². The van der Waals surface area contributed by atoms with Crippen molar-refractivity contribution in [3.05, 3.63) is 106 Å². The molecule has 6 nitrogen and oxygen atoms in total. The Balaban J connectivity index is 1.20. The van der Waals surface area contributed by atoms with E-state index < -0.39 is 0 Å². The van der Waals surface area contributed by atoms with Crippen LogP contribution in [0.1, 0.15) is 20.9 Å². The average Bonchev–Trinajstić information content (AvgIpc) is 3.40. The Morgan fingerprint density at radius 1 is 0.861 bits per heavy atom. The van der Waals surface area contributed by atoms with Crippen LogP contribution in [-0.2, 0) is 0 Å². The zero-order valence-electron chi connectivity index (χ0n) is 19.3. The van der Waals surface area contributed by atoms with Crippen LogP contribution < -0.4 is 10.2 Å². The van der Waals surface area contributed by atoms with E-state index in [1.807, 2.05) is 71.6 Å². The van der Waals surface area contributed by atoms with Gasteiger partial charge in [0.05, 0.1) is 10.7 Å². The molecule has 2 heterocycles. The van der Waals surface area contributed by atoms with Gasteiger partial charge in [0.15, 0.2) is 5.76 Å². The predicted molar refractivity (Wildman–Crippen MR) is 146 cm³/mol. The molecule has 36 heavy (non-hydrogen) atoms. The normalized spacial score (nSPS) is 13.5. The van der Waals surface area contributed by atoms with E-state index in [1.54, 1.807) is 18.2 Å². The molecular formula is C28H23BrClN3O3. The Morgan fingerprint density at radius 3 is 2.28 bits per heavy atom. The third-order valence-electron chi connectivity index (χ3n) is 6.09. The van der Waals surface area contributed by atoms with Gasteiger partial charge in [-0.15, -0.1) is 0 Å². The quantitative estimate of drug-likeness (QED) is 0.297. The number of amides is 2. The molecule has 1 saturated heterocycles. The van der Waals surface area contributed by atoms with E-state index in [1.165, 1.54) is 0 Å². The predicted octanol–water partition coefficient (Wildman–Crippen LogP) is 6.58. The van der Waals surface area contributed by atoms with Crippen LogP contribution in [0, 0.1) is 0 Å². The van der Waals surface area contributed by atoms with E-state index in [0.717, 1.165) is 15.7 Å². The minimum absolute atomic E-state index is 0.0422. The SMILES string of the molecule is O=C(Nc1ccc(N2CCN(C(=O)c3ccccc3)CC2)c(Cl)c1)c1ccc(-c2ccc(Br)cc2)o1. The first-order valence-corrected chi connectivity index (χ1v) is 12.7. The number of carbonyl (C=O) groups is 2. The molecular weight excluding hydrogens is 542 g/mol. The van der Waals surface area contributed by atoms with Crippen LogP contribution in [0.5, 0.6) is 0 Å². The Morgan fingerprint density at radius 2 is 1.58 bits per heavy atom. The van der Waals surface area contributed by atoms with Gasteiger partial charge in [-0.25, -0.2) is 0 Å². The molecule has 5 rings (SSSR count). The summed E-state index contributed by atoms with van der Waals surface area (Å²) in [5.74, 6) is 0.522. The lowest BCUT2D eigenvalue weighted by Gasteiger charge is -2.36. The van der Waals surface area contributed by atoms with E-state index in [2.05, 4.69) is 26.1 Å². The lowest BCUT2D eigenvalue weighted by Crippen LogP contribution is -2.48. The number of benzene rings is 3. The summed E-state index contributed by atoms with van der Waals surface area (Å²) >= 11 is 10.00. The number of piperazine rings is 1. The number of hydrogen-bond donors (Lipinski definition) is 1. The standard InChI is InChI=1S/C28H23BrClN3O3/c29-21-8-6-19(7-9-21)25-12-13-26(36-25)27(34)31-22-10-11-24(23(30)18-22)32-14-16-33(17-15-32)28(35)20-4-2-1-3-5-20/h1-13,18H,14-17H2,(H,31,34). The molecule has 3 aromatic carbocycles. The molecule has 0 bridgehead atoms. The Bertz CT molecular complexity index is 1380. The van der Waals surface area contributed by atoms with Crippen LogP contribution in [0.25, 0.3) is 11.3 Å². The lowest BCUT2D eigenvalue weighted by molar-refractivity contribution is 0.0746. The summed E-state index contributed by atoms with van der Waals surface area (Å²) in [7, 11) is 0. The maximum absolute atomic E-state index is 12.7. The highest BCUT2D eigenvalue weighted by Gasteiger charge is 2.23. The minimum Gasteiger partial charge on any atom is -0.451 e. The maximum Gasteiger partial charge on any atom is 0.291 e. The number of anilines is 2. The monoisotopic (exact) mass is 563 g/mol. The molecule has 0 unspecified atom stereocenters. The van der Waals surface area contributed by atoms with Crippen molar-refractivity contribution in [3.63, 3.8) is 0 Å². The zero-order valence-corrected chi connectivity index (χ0v) is 21.6. The van der Waals surface area contributed by atoms with E-state index in [-0.39, 0.29) is 17.6 Å². The second-order valence-corrected chi connectivity index (χ2v) is 9.76. The topological polar surface area (TPSA) is 65.8 Å². The highest BCUT2D eigenvalue weighted by Crippen LogP contribution is 2.30. The third-order valence-corrected chi connectivity index (χ3v) is 6.92. The first-order chi connectivity index (χ1) is 17.5. The first kappa shape index (κ1) is 24.2. The van der Waals surface area contributed by atoms with Gasteiger partial charge in [0.1, 0.15) is 5.76 Å². The molecule has 1 aromatic heterocycles. The maximum atomic E-state index is 12.7. The van der Waals surface area contributed by atoms with Crippen LogP contribution in [-0.4, -0.2) is 42.9 Å². The Hall–Kier alpha value is -3.55. The molecule has 1 aliphatic heterocycles. The Labute approximate surface area is 222 Å². The zero-order chi connectivity index (χ0) is 25.1. The number of nitrogens with one attached hydrogen (secondary N) is 1. The summed E-state index contributed by atoms with van der Waals surface area (Å²) < 4.78 is 6.72. The second-order valence-electron chi connectivity index (χ2n) is 8.44. The third kappa shape index (κ3) is 5.32. The van der Waals surface area contributed by atoms with Crippen LogP contribution in [0.2, 0.25) is 5.02 Å². The number of nitrogens with zero attached hydrogens (tertiary/aromatic N) is 2. The van der Waals surface area contributed by atoms with Gasteiger partial charge in [-0.2, -0.15) is 0 Å². The molecule has 2 amide bonds. The molecule has 4 aromatic rings. The van der Waals surface area contributed by atoms with Crippen molar-refractivity contribution < 1.29 is 14.0 Å². The van der Waals surface area contributed by atoms with Crippen LogP contribution in [0.15, 0.2) is 93.8 Å². The smallest absolute Gasteiger partial charge is 0.291 e. The number of furan rings is 1. The number of hydrogen-bond acceptors (Lipinski definition) is 4. The fourth-order valence-electron chi connectivity index (χ4n) is 4.18. The second kappa shape index (κ2) is 10.6. The number of carbonyl (C=O) groups excluding carboxylic acids is 2. The Kier molecular flexibility index (Phi) is 7.11. The van der Waals surface area contributed by atoms with Crippen molar-refractivity contribution in [2.24, 2.45) is 0 Å². The summed E-state index contributed by atoms with van der Waals surface area (Å²) in [6.45, 7) is 2.58. The van der Waals surface area contributed by atoms with E-state index >= 15 is 0 Å². The van der Waals surface area contributed by atoms with Crippen molar-refractivity contribution in [3.8, 4) is 11.3 Å². The van der Waals surface area contributed by atoms with E-state index in [9.17, 15) is 9.59 Å². The fraction of sp³-hybridized carbons (Fsp3) is 0.143. The van der Waals surface area contributed by atoms with E-state index in [0.29, 0.717) is 48.2 Å². The molecule has 0 saturated carbocycles. The molecule has 1 fully saturated rings. The van der Waals surface area contributed by atoms with Gasteiger partial charge in [0.25, 0.3) is 11.8 Å². The van der Waals surface area contributed by atoms with Gasteiger partial charge in [0, 0.05) is 47.5 Å². The first-order valence-electron chi connectivity index (χ1n) is 11.5. The number of rotatable bonds is 5. The van der Waals surface area contributed by atoms with Crippen molar-refractivity contribution in [1.82, 2.24) is 4.90 Å². The summed E-state index contributed by atoms with van der Waals surface area (Å²) in [5, 5.41) is 3.38. The van der Waals surface area contributed by atoms with Gasteiger partial charge in [0.2, 0.25) is 0 Å². The van der Waals surface area contributed by atoms with Crippen LogP contribution in [0.4, 0.5) is 11.4 Å². The molecule has 0 radical (unpaired) electrons. The van der Waals surface area contributed by atoms with Gasteiger partial charge >= 0.3 is 0 Å². The molecule has 1 aliphatic rings. The minimum atomic E-state index is -0.352. The van der Waals surface area contributed by atoms with E-state index in [4.69, 9.17) is 16.0 Å². The van der Waals surface area contributed by atoms with Crippen molar-refractivity contribution in [2.75, 3.05) is 36.4 Å². The van der Waals surface area contributed by atoms with Crippen molar-refractivity contribution in [1.29, 1.82) is 0 Å². The van der Waals surface area contributed by atoms with Crippen LogP contribution >= 0.6 is 27.5 Å². The molecule has 0 spiro atoms. The largest absolute Gasteiger partial charge is 0.451 e. The summed E-state index contributed by atoms with van der Waals surface area (Å²) in [6.07, 6.45) is 0. The molecule has 0 atom stereocenters. The fourth-order valence-corrected chi connectivity index (χ4v) is 4.74. The lowest BCUT2D eigenvalue weighted by atomic mass is 10.1. The molecule has 8 heteroatoms. The summed E-state index contributed by atoms with van der Waals surface area (Å²) in [5.41, 5.74) is 3.03. The molecule has 182 valence electrons. The number of halogens is 2. The molecule has 1 N–H and O–H groups in total. The van der Waals surface area contributed by atoms with Gasteiger partial charge in [-0.3, -0.25) is 9.59 Å². The van der Waals surface area contributed by atoms with Gasteiger partial charge in [-0.05, 0) is 54.6 Å².